The number of hydrogen-bond donors (Lipinski definition) is 2. The zero-order valence-electron chi connectivity index (χ0n) is 15.1. The summed E-state index contributed by atoms with van der Waals surface area (Å²) in [5.41, 5.74) is 1.34. The number of para-hydroxylation sites is 1. The van der Waals surface area contributed by atoms with Gasteiger partial charge in [0.15, 0.2) is 0 Å². The lowest BCUT2D eigenvalue weighted by Crippen LogP contribution is -2.15. The van der Waals surface area contributed by atoms with Gasteiger partial charge in [-0.25, -0.2) is 4.79 Å². The van der Waals surface area contributed by atoms with Gasteiger partial charge in [0.05, 0.1) is 10.5 Å². The van der Waals surface area contributed by atoms with E-state index in [9.17, 15) is 24.8 Å². The van der Waals surface area contributed by atoms with Gasteiger partial charge in [-0.3, -0.25) is 14.9 Å². The lowest BCUT2D eigenvalue weighted by atomic mass is 9.96. The van der Waals surface area contributed by atoms with Crippen LogP contribution in [0.3, 0.4) is 0 Å². The molecule has 0 heterocycles. The molecule has 0 saturated carbocycles. The molecule has 3 rings (SSSR count). The zero-order valence-corrected chi connectivity index (χ0v) is 15.1. The van der Waals surface area contributed by atoms with Crippen molar-refractivity contribution in [1.29, 1.82) is 0 Å². The van der Waals surface area contributed by atoms with Gasteiger partial charge in [0.25, 0.3) is 11.6 Å². The van der Waals surface area contributed by atoms with Gasteiger partial charge in [-0.15, -0.1) is 0 Å². The molecule has 0 saturated heterocycles. The summed E-state index contributed by atoms with van der Waals surface area (Å²) in [4.78, 5) is 35.0. The molecule has 2 N–H and O–H groups in total. The van der Waals surface area contributed by atoms with E-state index in [0.717, 1.165) is 0 Å². The van der Waals surface area contributed by atoms with Crippen LogP contribution < -0.4 is 5.32 Å². The number of amides is 1. The van der Waals surface area contributed by atoms with Gasteiger partial charge in [0.1, 0.15) is 0 Å². The molecule has 7 heteroatoms. The maximum absolute atomic E-state index is 13.0. The van der Waals surface area contributed by atoms with Crippen molar-refractivity contribution in [3.05, 3.63) is 106 Å². The van der Waals surface area contributed by atoms with Gasteiger partial charge in [0, 0.05) is 29.0 Å². The maximum atomic E-state index is 13.0. The summed E-state index contributed by atoms with van der Waals surface area (Å²) in [6.07, 6.45) is 1.50. The summed E-state index contributed by atoms with van der Waals surface area (Å²) in [5.74, 6) is -1.66. The first kappa shape index (κ1) is 19.5. The number of anilines is 1. The molecule has 3 aromatic rings. The van der Waals surface area contributed by atoms with Gasteiger partial charge in [0.2, 0.25) is 0 Å². The second kappa shape index (κ2) is 8.62. The zero-order chi connectivity index (χ0) is 20.8. The van der Waals surface area contributed by atoms with Crippen molar-refractivity contribution < 1.29 is 19.6 Å². The molecule has 0 spiro atoms. The minimum Gasteiger partial charge on any atom is -0.478 e. The first-order chi connectivity index (χ1) is 14.0. The average Bonchev–Trinajstić information content (AvgIpc) is 2.73. The van der Waals surface area contributed by atoms with Crippen LogP contribution in [-0.2, 0) is 4.79 Å². The van der Waals surface area contributed by atoms with Crippen LogP contribution in [0.5, 0.6) is 0 Å². The van der Waals surface area contributed by atoms with Crippen molar-refractivity contribution in [2.24, 2.45) is 0 Å². The number of carbonyl (C=O) groups excluding carboxylic acids is 1. The number of aromatic carboxylic acids is 1. The lowest BCUT2D eigenvalue weighted by molar-refractivity contribution is -0.384. The molecule has 144 valence electrons. The molecule has 7 nitrogen and oxygen atoms in total. The fourth-order valence-corrected chi connectivity index (χ4v) is 2.75. The molecular weight excluding hydrogens is 372 g/mol. The number of non-ortho nitro benzene ring substituents is 1. The highest BCUT2D eigenvalue weighted by Crippen LogP contribution is 2.25. The summed E-state index contributed by atoms with van der Waals surface area (Å²) in [6.45, 7) is 0. The number of nitro groups is 1. The predicted octanol–water partition coefficient (Wildman–Crippen LogP) is 4.47. The highest BCUT2D eigenvalue weighted by atomic mass is 16.6. The van der Waals surface area contributed by atoms with Gasteiger partial charge < -0.3 is 10.4 Å². The van der Waals surface area contributed by atoms with E-state index in [4.69, 9.17) is 0 Å². The number of carboxylic acids is 1. The van der Waals surface area contributed by atoms with Crippen LogP contribution in [0.15, 0.2) is 78.9 Å². The van der Waals surface area contributed by atoms with E-state index in [1.165, 1.54) is 36.4 Å². The molecule has 0 aliphatic carbocycles. The molecule has 29 heavy (non-hydrogen) atoms. The fraction of sp³-hybridized carbons (Fsp3) is 0. The fourth-order valence-electron chi connectivity index (χ4n) is 2.75. The number of carboxylic acid groups (broad SMARTS) is 1. The van der Waals surface area contributed by atoms with E-state index in [-0.39, 0.29) is 22.4 Å². The number of nitrogens with zero attached hydrogens (tertiary/aromatic N) is 1. The summed E-state index contributed by atoms with van der Waals surface area (Å²) in [6, 6.07) is 20.6. The molecular formula is C22H16N2O5. The Bertz CT molecular complexity index is 1090. The van der Waals surface area contributed by atoms with Crippen LogP contribution in [0, 0.1) is 10.1 Å². The van der Waals surface area contributed by atoms with Gasteiger partial charge >= 0.3 is 5.97 Å². The number of rotatable bonds is 6. The third-order valence-corrected chi connectivity index (χ3v) is 4.14. The van der Waals surface area contributed by atoms with E-state index >= 15 is 0 Å². The molecule has 0 unspecified atom stereocenters. The van der Waals surface area contributed by atoms with Crippen molar-refractivity contribution in [3.63, 3.8) is 0 Å². The third-order valence-electron chi connectivity index (χ3n) is 4.14. The Labute approximate surface area is 166 Å². The van der Waals surface area contributed by atoms with Crippen LogP contribution in [0.1, 0.15) is 21.5 Å². The maximum Gasteiger partial charge on any atom is 0.336 e. The lowest BCUT2D eigenvalue weighted by Gasteiger charge is -2.12. The molecule has 0 aliphatic heterocycles. The van der Waals surface area contributed by atoms with Crippen LogP contribution in [0.2, 0.25) is 0 Å². The van der Waals surface area contributed by atoms with Crippen molar-refractivity contribution in [2.45, 2.75) is 0 Å². The molecule has 3 aromatic carbocycles. The highest BCUT2D eigenvalue weighted by molar-refractivity contribution is 6.30. The second-order valence-electron chi connectivity index (χ2n) is 6.08. The Morgan fingerprint density at radius 1 is 0.862 bits per heavy atom. The third kappa shape index (κ3) is 4.72. The monoisotopic (exact) mass is 388 g/mol. The summed E-state index contributed by atoms with van der Waals surface area (Å²) in [5, 5.41) is 23.1. The minimum atomic E-state index is -1.16. The van der Waals surface area contributed by atoms with E-state index in [1.807, 2.05) is 6.07 Å². The smallest absolute Gasteiger partial charge is 0.336 e. The molecule has 0 atom stereocenters. The number of nitrogens with one attached hydrogen (secondary N) is 1. The van der Waals surface area contributed by atoms with Crippen LogP contribution in [-0.4, -0.2) is 21.9 Å². The average molecular weight is 388 g/mol. The van der Waals surface area contributed by atoms with E-state index in [1.54, 1.807) is 42.5 Å². The number of hydrogen-bond acceptors (Lipinski definition) is 4. The molecule has 1 amide bonds. The molecule has 0 fully saturated rings. The van der Waals surface area contributed by atoms with Crippen molar-refractivity contribution in [3.8, 4) is 0 Å². The molecule has 0 aliphatic rings. The summed E-state index contributed by atoms with van der Waals surface area (Å²) >= 11 is 0. The quantitative estimate of drug-likeness (QED) is 0.280. The number of benzene rings is 3. The van der Waals surface area contributed by atoms with Crippen molar-refractivity contribution in [2.75, 3.05) is 5.32 Å². The Morgan fingerprint density at radius 2 is 1.45 bits per heavy atom. The van der Waals surface area contributed by atoms with Crippen molar-refractivity contribution in [1.82, 2.24) is 0 Å². The first-order valence-corrected chi connectivity index (χ1v) is 8.61. The second-order valence-corrected chi connectivity index (χ2v) is 6.08. The Hall–Kier alpha value is -4.26. The highest BCUT2D eigenvalue weighted by Gasteiger charge is 2.19. The number of carbonyl (C=O) groups is 2. The molecule has 0 bridgehead atoms. The van der Waals surface area contributed by atoms with Crippen molar-refractivity contribution >= 4 is 34.9 Å². The normalized spacial score (nSPS) is 11.0. The Morgan fingerprint density at radius 3 is 2.03 bits per heavy atom. The standard InChI is InChI=1S/C22H16N2O5/c25-21(23-16-6-2-1-3-7-16)20(18-8-4-5-9-19(18)22(26)27)14-15-10-12-17(13-11-15)24(28)29/h1-14H,(H,23,25)(H,26,27)/b20-14+. The number of nitro benzene ring substituents is 1. The predicted molar refractivity (Wildman–Crippen MR) is 109 cm³/mol. The summed E-state index contributed by atoms with van der Waals surface area (Å²) < 4.78 is 0. The molecule has 0 radical (unpaired) electrons. The molecule has 0 aromatic heterocycles. The Kier molecular flexibility index (Phi) is 5.80. The van der Waals surface area contributed by atoms with E-state index < -0.39 is 16.8 Å². The summed E-state index contributed by atoms with van der Waals surface area (Å²) in [7, 11) is 0. The minimum absolute atomic E-state index is 0.0242. The van der Waals surface area contributed by atoms with E-state index in [0.29, 0.717) is 11.3 Å². The first-order valence-electron chi connectivity index (χ1n) is 8.61. The van der Waals surface area contributed by atoms with Gasteiger partial charge in [-0.05, 0) is 42.0 Å². The SMILES string of the molecule is O=C(Nc1ccccc1)/C(=C/c1ccc([N+](=O)[O-])cc1)c1ccccc1C(=O)O. The van der Waals surface area contributed by atoms with Gasteiger partial charge in [-0.2, -0.15) is 0 Å². The van der Waals surface area contributed by atoms with Crippen LogP contribution in [0.4, 0.5) is 11.4 Å². The topological polar surface area (TPSA) is 110 Å². The van der Waals surface area contributed by atoms with Gasteiger partial charge in [-0.1, -0.05) is 36.4 Å². The Balaban J connectivity index is 2.07. The van der Waals surface area contributed by atoms with E-state index in [2.05, 4.69) is 5.32 Å². The largest absolute Gasteiger partial charge is 0.478 e. The van der Waals surface area contributed by atoms with Crippen LogP contribution in [0.25, 0.3) is 11.6 Å². The van der Waals surface area contributed by atoms with Crippen LogP contribution >= 0.6 is 0 Å².